The van der Waals surface area contributed by atoms with Gasteiger partial charge in [0.1, 0.15) is 11.6 Å². The number of hydrogen-bond donors (Lipinski definition) is 1. The number of pyridine rings is 1. The van der Waals surface area contributed by atoms with Crippen LogP contribution < -0.4 is 10.1 Å². The number of ether oxygens (including phenoxy) is 1. The van der Waals surface area contributed by atoms with Crippen LogP contribution in [0, 0.1) is 12.8 Å². The molecule has 1 N–H and O–H groups in total. The van der Waals surface area contributed by atoms with Gasteiger partial charge in [-0.25, -0.2) is 4.98 Å². The molecule has 1 aliphatic heterocycles. The molecule has 1 aromatic heterocycles. The van der Waals surface area contributed by atoms with Crippen LogP contribution in [0.2, 0.25) is 0 Å². The molecule has 0 bridgehead atoms. The third kappa shape index (κ3) is 7.02. The lowest BCUT2D eigenvalue weighted by Crippen LogP contribution is -2.34. The molecule has 0 spiro atoms. The Bertz CT molecular complexity index is 1210. The summed E-state index contributed by atoms with van der Waals surface area (Å²) in [5, 5.41) is 3.29. The summed E-state index contributed by atoms with van der Waals surface area (Å²) in [6.07, 6.45) is -0.473. The van der Waals surface area contributed by atoms with Crippen molar-refractivity contribution >= 4 is 11.7 Å². The highest BCUT2D eigenvalue weighted by atomic mass is 19.4. The quantitative estimate of drug-likeness (QED) is 0.338. The predicted octanol–water partition coefficient (Wildman–Crippen LogP) is 6.40. The number of anilines is 1. The van der Waals surface area contributed by atoms with Crippen LogP contribution in [-0.4, -0.2) is 28.9 Å². The Morgan fingerprint density at radius 2 is 1.86 bits per heavy atom. The second-order valence-corrected chi connectivity index (χ2v) is 9.48. The van der Waals surface area contributed by atoms with Crippen LogP contribution in [0.4, 0.5) is 19.0 Å². The zero-order valence-electron chi connectivity index (χ0n) is 21.1. The van der Waals surface area contributed by atoms with Crippen LogP contribution in [0.5, 0.6) is 5.75 Å². The molecule has 1 aliphatic rings. The van der Waals surface area contributed by atoms with Crippen LogP contribution in [0.25, 0.3) is 0 Å². The third-order valence-corrected chi connectivity index (χ3v) is 6.63. The molecule has 1 atom stereocenters. The Morgan fingerprint density at radius 3 is 2.57 bits per heavy atom. The molecule has 5 nitrogen and oxygen atoms in total. The van der Waals surface area contributed by atoms with Gasteiger partial charge in [-0.3, -0.25) is 4.79 Å². The van der Waals surface area contributed by atoms with Gasteiger partial charge in [-0.1, -0.05) is 25.1 Å². The Kier molecular flexibility index (Phi) is 8.36. The number of amides is 1. The van der Waals surface area contributed by atoms with Gasteiger partial charge in [0.05, 0.1) is 12.2 Å². The Hall–Kier alpha value is -3.55. The van der Waals surface area contributed by atoms with Crippen molar-refractivity contribution in [2.24, 2.45) is 5.92 Å². The number of alkyl halides is 3. The predicted molar refractivity (Wildman–Crippen MR) is 137 cm³/mol. The molecule has 0 fully saturated rings. The summed E-state index contributed by atoms with van der Waals surface area (Å²) >= 11 is 0. The number of hydrogen-bond acceptors (Lipinski definition) is 4. The monoisotopic (exact) mass is 511 g/mol. The maximum atomic E-state index is 13.2. The van der Waals surface area contributed by atoms with Crippen molar-refractivity contribution in [3.63, 3.8) is 0 Å². The van der Waals surface area contributed by atoms with Crippen molar-refractivity contribution in [2.75, 3.05) is 18.5 Å². The summed E-state index contributed by atoms with van der Waals surface area (Å²) in [7, 11) is 0. The number of rotatable bonds is 9. The maximum Gasteiger partial charge on any atom is 0.416 e. The minimum absolute atomic E-state index is 0.0249. The fourth-order valence-electron chi connectivity index (χ4n) is 4.52. The molecule has 0 aliphatic carbocycles. The number of halogens is 3. The van der Waals surface area contributed by atoms with Gasteiger partial charge in [0.25, 0.3) is 0 Å². The molecule has 196 valence electrons. The van der Waals surface area contributed by atoms with E-state index in [1.54, 1.807) is 11.1 Å². The number of fused-ring (bicyclic) bond motifs is 1. The summed E-state index contributed by atoms with van der Waals surface area (Å²) in [6.45, 7) is 5.93. The Morgan fingerprint density at radius 1 is 1.08 bits per heavy atom. The minimum atomic E-state index is -4.38. The number of aromatic nitrogens is 1. The topological polar surface area (TPSA) is 54.5 Å². The lowest BCUT2D eigenvalue weighted by molar-refractivity contribution is -0.138. The SMILES string of the molecule is CC[C@@H]1Cc2ccc(OCCCNc3cc(C)ccn3)cc2CN(Cc2ccc(C(F)(F)F)cc2)C1=O. The maximum absolute atomic E-state index is 13.2. The summed E-state index contributed by atoms with van der Waals surface area (Å²) in [4.78, 5) is 19.3. The van der Waals surface area contributed by atoms with E-state index in [1.807, 2.05) is 44.2 Å². The van der Waals surface area contributed by atoms with Crippen molar-refractivity contribution < 1.29 is 22.7 Å². The van der Waals surface area contributed by atoms with Gasteiger partial charge < -0.3 is 15.0 Å². The lowest BCUT2D eigenvalue weighted by atomic mass is 9.95. The second-order valence-electron chi connectivity index (χ2n) is 9.48. The average molecular weight is 512 g/mol. The number of nitrogens with one attached hydrogen (secondary N) is 1. The van der Waals surface area contributed by atoms with Crippen LogP contribution in [0.1, 0.15) is 47.6 Å². The van der Waals surface area contributed by atoms with Gasteiger partial charge >= 0.3 is 6.18 Å². The van der Waals surface area contributed by atoms with Crippen molar-refractivity contribution in [1.29, 1.82) is 0 Å². The molecule has 1 amide bonds. The summed E-state index contributed by atoms with van der Waals surface area (Å²) in [5.41, 5.74) is 3.24. The number of carbonyl (C=O) groups is 1. The van der Waals surface area contributed by atoms with Crippen LogP contribution in [0.3, 0.4) is 0 Å². The molecule has 2 aromatic carbocycles. The smallest absolute Gasteiger partial charge is 0.416 e. The van der Waals surface area contributed by atoms with Gasteiger partial charge in [-0.05, 0) is 84.8 Å². The molecule has 4 rings (SSSR count). The zero-order valence-corrected chi connectivity index (χ0v) is 21.1. The first-order chi connectivity index (χ1) is 17.7. The second kappa shape index (κ2) is 11.7. The van der Waals surface area contributed by atoms with Crippen LogP contribution in [0.15, 0.2) is 60.8 Å². The molecule has 0 radical (unpaired) electrons. The summed E-state index contributed by atoms with van der Waals surface area (Å²) in [6, 6.07) is 14.9. The highest BCUT2D eigenvalue weighted by Gasteiger charge is 2.31. The van der Waals surface area contributed by atoms with Crippen molar-refractivity contribution in [3.8, 4) is 5.75 Å². The summed E-state index contributed by atoms with van der Waals surface area (Å²) in [5.74, 6) is 1.44. The Balaban J connectivity index is 1.39. The number of aryl methyl sites for hydroxylation is 1. The highest BCUT2D eigenvalue weighted by molar-refractivity contribution is 5.80. The fraction of sp³-hybridized carbons (Fsp3) is 0.379. The van der Waals surface area contributed by atoms with E-state index in [0.29, 0.717) is 31.6 Å². The van der Waals surface area contributed by atoms with E-state index < -0.39 is 11.7 Å². The van der Waals surface area contributed by atoms with Gasteiger partial charge in [0, 0.05) is 31.7 Å². The van der Waals surface area contributed by atoms with E-state index in [4.69, 9.17) is 4.74 Å². The molecular formula is C29H32F3N3O2. The van der Waals surface area contributed by atoms with E-state index in [1.165, 1.54) is 12.1 Å². The molecule has 8 heteroatoms. The van der Waals surface area contributed by atoms with Gasteiger partial charge in [-0.2, -0.15) is 13.2 Å². The van der Waals surface area contributed by atoms with Crippen molar-refractivity contribution in [2.45, 2.75) is 52.4 Å². The van der Waals surface area contributed by atoms with E-state index in [9.17, 15) is 18.0 Å². The zero-order chi connectivity index (χ0) is 26.4. The third-order valence-electron chi connectivity index (χ3n) is 6.63. The van der Waals surface area contributed by atoms with Crippen LogP contribution >= 0.6 is 0 Å². The normalized spacial score (nSPS) is 15.8. The molecule has 0 unspecified atom stereocenters. The molecule has 3 aromatic rings. The highest BCUT2D eigenvalue weighted by Crippen LogP contribution is 2.31. The molecule has 0 saturated heterocycles. The molecule has 37 heavy (non-hydrogen) atoms. The lowest BCUT2D eigenvalue weighted by Gasteiger charge is -2.24. The van der Waals surface area contributed by atoms with Crippen LogP contribution in [-0.2, 0) is 30.5 Å². The number of benzene rings is 2. The first kappa shape index (κ1) is 26.5. The van der Waals surface area contributed by atoms with Crippen molar-refractivity contribution in [1.82, 2.24) is 9.88 Å². The summed E-state index contributed by atoms with van der Waals surface area (Å²) < 4.78 is 44.8. The van der Waals surface area contributed by atoms with Gasteiger partial charge in [-0.15, -0.1) is 0 Å². The average Bonchev–Trinajstić information content (AvgIpc) is 2.99. The number of carbonyl (C=O) groups excluding carboxylic acids is 1. The van der Waals surface area contributed by atoms with Gasteiger partial charge in [0.15, 0.2) is 0 Å². The van der Waals surface area contributed by atoms with E-state index in [-0.39, 0.29) is 18.4 Å². The molecule has 2 heterocycles. The van der Waals surface area contributed by atoms with E-state index in [2.05, 4.69) is 10.3 Å². The molecule has 0 saturated carbocycles. The fourth-order valence-corrected chi connectivity index (χ4v) is 4.52. The number of nitrogens with zero attached hydrogens (tertiary/aromatic N) is 2. The van der Waals surface area contributed by atoms with Crippen molar-refractivity contribution in [3.05, 3.63) is 88.6 Å². The van der Waals surface area contributed by atoms with Gasteiger partial charge in [0.2, 0.25) is 5.91 Å². The van der Waals surface area contributed by atoms with E-state index >= 15 is 0 Å². The minimum Gasteiger partial charge on any atom is -0.494 e. The van der Waals surface area contributed by atoms with E-state index in [0.717, 1.165) is 53.4 Å². The molecular weight excluding hydrogens is 479 g/mol. The first-order valence-electron chi connectivity index (χ1n) is 12.6. The standard InChI is InChI=1S/C29H32F3N3O2/c1-3-22-16-23-7-10-26(37-14-4-12-33-27-15-20(2)11-13-34-27)17-24(23)19-35(28(22)36)18-21-5-8-25(9-6-21)29(30,31)32/h5-11,13,15,17,22H,3-4,12,14,16,18-19H2,1-2H3,(H,33,34)/t22-/m1/s1. The Labute approximate surface area is 215 Å². The largest absolute Gasteiger partial charge is 0.494 e. The first-order valence-corrected chi connectivity index (χ1v) is 12.6.